The second-order valence-corrected chi connectivity index (χ2v) is 4.75. The molecule has 0 unspecified atom stereocenters. The third-order valence-corrected chi connectivity index (χ3v) is 3.36. The maximum Gasteiger partial charge on any atom is 0.339 e. The summed E-state index contributed by atoms with van der Waals surface area (Å²) in [6, 6.07) is 3.54. The van der Waals surface area contributed by atoms with E-state index in [2.05, 4.69) is 15.3 Å². The van der Waals surface area contributed by atoms with Crippen molar-refractivity contribution in [3.8, 4) is 5.75 Å². The minimum absolute atomic E-state index is 0.0645. The molecule has 1 aromatic heterocycles. The molecule has 0 spiro atoms. The van der Waals surface area contributed by atoms with E-state index in [4.69, 9.17) is 21.4 Å². The summed E-state index contributed by atoms with van der Waals surface area (Å²) in [6.45, 7) is 2.11. The van der Waals surface area contributed by atoms with E-state index in [0.29, 0.717) is 22.2 Å². The summed E-state index contributed by atoms with van der Waals surface area (Å²) in [4.78, 5) is 18.8. The molecule has 0 aliphatic carbocycles. The summed E-state index contributed by atoms with van der Waals surface area (Å²) in [7, 11) is 1.54. The molecule has 0 radical (unpaired) electrons. The van der Waals surface area contributed by atoms with Crippen LogP contribution in [0.1, 0.15) is 21.6 Å². The van der Waals surface area contributed by atoms with Crippen LogP contribution in [0.25, 0.3) is 0 Å². The Morgan fingerprint density at radius 3 is 2.90 bits per heavy atom. The van der Waals surface area contributed by atoms with Crippen molar-refractivity contribution in [3.05, 3.63) is 46.5 Å². The SMILES string of the molecule is COc1cc(Cl)c(C)cc1NCc1ncncc1C(=O)O. The maximum absolute atomic E-state index is 11.1. The zero-order valence-corrected chi connectivity index (χ0v) is 12.3. The number of carbonyl (C=O) groups is 1. The average Bonchev–Trinajstić information content (AvgIpc) is 2.48. The quantitative estimate of drug-likeness (QED) is 0.883. The Morgan fingerprint density at radius 2 is 2.24 bits per heavy atom. The number of aromatic carboxylic acids is 1. The molecule has 0 aliphatic heterocycles. The molecule has 0 amide bonds. The normalized spacial score (nSPS) is 10.2. The molecule has 0 aliphatic rings. The van der Waals surface area contributed by atoms with E-state index in [0.717, 1.165) is 5.56 Å². The molecule has 0 saturated carbocycles. The number of carboxylic acids is 1. The van der Waals surface area contributed by atoms with Gasteiger partial charge in [-0.05, 0) is 18.6 Å². The van der Waals surface area contributed by atoms with E-state index >= 15 is 0 Å². The van der Waals surface area contributed by atoms with Crippen molar-refractivity contribution in [1.82, 2.24) is 9.97 Å². The lowest BCUT2D eigenvalue weighted by molar-refractivity contribution is 0.0694. The summed E-state index contributed by atoms with van der Waals surface area (Å²) in [5.41, 5.74) is 2.07. The Bertz CT molecular complexity index is 677. The fraction of sp³-hybridized carbons (Fsp3) is 0.214. The van der Waals surface area contributed by atoms with Gasteiger partial charge in [0.2, 0.25) is 0 Å². The van der Waals surface area contributed by atoms with Crippen molar-refractivity contribution < 1.29 is 14.6 Å². The van der Waals surface area contributed by atoms with Gasteiger partial charge in [-0.1, -0.05) is 11.6 Å². The van der Waals surface area contributed by atoms with Gasteiger partial charge in [0.05, 0.1) is 25.0 Å². The van der Waals surface area contributed by atoms with E-state index in [1.165, 1.54) is 12.5 Å². The van der Waals surface area contributed by atoms with Gasteiger partial charge in [-0.15, -0.1) is 0 Å². The molecule has 1 aromatic carbocycles. The predicted molar refractivity (Wildman–Crippen MR) is 79.1 cm³/mol. The number of aryl methyl sites for hydroxylation is 1. The Balaban J connectivity index is 2.25. The van der Waals surface area contributed by atoms with Crippen LogP contribution in [0.3, 0.4) is 0 Å². The van der Waals surface area contributed by atoms with E-state index in [-0.39, 0.29) is 12.1 Å². The highest BCUT2D eigenvalue weighted by Gasteiger charge is 2.12. The Kier molecular flexibility index (Phi) is 4.59. The third-order valence-electron chi connectivity index (χ3n) is 2.95. The third kappa shape index (κ3) is 3.41. The number of carboxylic acid groups (broad SMARTS) is 1. The van der Waals surface area contributed by atoms with Gasteiger partial charge in [-0.25, -0.2) is 14.8 Å². The smallest absolute Gasteiger partial charge is 0.339 e. The van der Waals surface area contributed by atoms with Gasteiger partial charge in [0.25, 0.3) is 0 Å². The fourth-order valence-electron chi connectivity index (χ4n) is 1.82. The number of hydrogen-bond donors (Lipinski definition) is 2. The molecule has 0 bridgehead atoms. The molecule has 7 heteroatoms. The topological polar surface area (TPSA) is 84.3 Å². The molecule has 6 nitrogen and oxygen atoms in total. The predicted octanol–water partition coefficient (Wildman–Crippen LogP) is 2.76. The summed E-state index contributed by atoms with van der Waals surface area (Å²) in [5.74, 6) is -0.483. The van der Waals surface area contributed by atoms with E-state index < -0.39 is 5.97 Å². The van der Waals surface area contributed by atoms with Crippen LogP contribution in [0.5, 0.6) is 5.75 Å². The number of nitrogens with zero attached hydrogens (tertiary/aromatic N) is 2. The zero-order chi connectivity index (χ0) is 15.4. The largest absolute Gasteiger partial charge is 0.495 e. The number of halogens is 1. The van der Waals surface area contributed by atoms with Crippen molar-refractivity contribution in [1.29, 1.82) is 0 Å². The number of anilines is 1. The lowest BCUT2D eigenvalue weighted by atomic mass is 10.2. The van der Waals surface area contributed by atoms with Crippen molar-refractivity contribution in [2.45, 2.75) is 13.5 Å². The molecule has 2 aromatic rings. The molecule has 2 N–H and O–H groups in total. The van der Waals surface area contributed by atoms with Crippen LogP contribution in [-0.4, -0.2) is 28.2 Å². The molecule has 21 heavy (non-hydrogen) atoms. The van der Waals surface area contributed by atoms with Crippen LogP contribution in [0.2, 0.25) is 5.02 Å². The number of nitrogens with one attached hydrogen (secondary N) is 1. The first-order valence-electron chi connectivity index (χ1n) is 6.13. The molecule has 110 valence electrons. The van der Waals surface area contributed by atoms with Crippen LogP contribution in [0, 0.1) is 6.92 Å². The molecule has 0 atom stereocenters. The van der Waals surface area contributed by atoms with Crippen LogP contribution >= 0.6 is 11.6 Å². The number of benzene rings is 1. The maximum atomic E-state index is 11.1. The Morgan fingerprint density at radius 1 is 1.48 bits per heavy atom. The van der Waals surface area contributed by atoms with Gasteiger partial charge in [-0.2, -0.15) is 0 Å². The minimum atomic E-state index is -1.06. The fourth-order valence-corrected chi connectivity index (χ4v) is 1.98. The summed E-state index contributed by atoms with van der Waals surface area (Å²) in [5, 5.41) is 12.8. The van der Waals surface area contributed by atoms with E-state index in [9.17, 15) is 4.79 Å². The Hall–Kier alpha value is -2.34. The minimum Gasteiger partial charge on any atom is -0.495 e. The van der Waals surface area contributed by atoms with Crippen LogP contribution in [0.4, 0.5) is 5.69 Å². The van der Waals surface area contributed by atoms with E-state index in [1.54, 1.807) is 13.2 Å². The first kappa shape index (κ1) is 15.1. The number of hydrogen-bond acceptors (Lipinski definition) is 5. The van der Waals surface area contributed by atoms with Gasteiger partial charge >= 0.3 is 5.97 Å². The van der Waals surface area contributed by atoms with Gasteiger partial charge in [0.1, 0.15) is 17.6 Å². The van der Waals surface area contributed by atoms with Gasteiger partial charge in [-0.3, -0.25) is 0 Å². The van der Waals surface area contributed by atoms with Crippen LogP contribution in [-0.2, 0) is 6.54 Å². The summed E-state index contributed by atoms with van der Waals surface area (Å²) < 4.78 is 5.25. The van der Waals surface area contributed by atoms with Gasteiger partial charge < -0.3 is 15.2 Å². The second kappa shape index (κ2) is 6.41. The highest BCUT2D eigenvalue weighted by molar-refractivity contribution is 6.31. The average molecular weight is 308 g/mol. The Labute approximate surface area is 126 Å². The lowest BCUT2D eigenvalue weighted by Crippen LogP contribution is -2.10. The standard InChI is InChI=1S/C14H14ClN3O3/c1-8-3-11(13(21-2)4-10(8)15)17-6-12-9(14(19)20)5-16-7-18-12/h3-5,7,17H,6H2,1-2H3,(H,19,20). The summed E-state index contributed by atoms with van der Waals surface area (Å²) >= 11 is 6.04. The summed E-state index contributed by atoms with van der Waals surface area (Å²) in [6.07, 6.45) is 2.59. The van der Waals surface area contributed by atoms with Gasteiger partial charge in [0.15, 0.2) is 0 Å². The first-order chi connectivity index (χ1) is 10.0. The molecule has 0 saturated heterocycles. The number of rotatable bonds is 5. The first-order valence-corrected chi connectivity index (χ1v) is 6.51. The number of ether oxygens (including phenoxy) is 1. The molecule has 0 fully saturated rings. The van der Waals surface area contributed by atoms with E-state index in [1.807, 2.05) is 13.0 Å². The van der Waals surface area contributed by atoms with Crippen molar-refractivity contribution >= 4 is 23.3 Å². The van der Waals surface area contributed by atoms with Crippen molar-refractivity contribution in [2.24, 2.45) is 0 Å². The monoisotopic (exact) mass is 307 g/mol. The lowest BCUT2D eigenvalue weighted by Gasteiger charge is -2.13. The van der Waals surface area contributed by atoms with Gasteiger partial charge in [0, 0.05) is 17.3 Å². The van der Waals surface area contributed by atoms with Crippen LogP contribution < -0.4 is 10.1 Å². The number of aromatic nitrogens is 2. The molecular formula is C14H14ClN3O3. The van der Waals surface area contributed by atoms with Crippen molar-refractivity contribution in [2.75, 3.05) is 12.4 Å². The zero-order valence-electron chi connectivity index (χ0n) is 11.6. The number of methoxy groups -OCH3 is 1. The molecule has 2 rings (SSSR count). The second-order valence-electron chi connectivity index (χ2n) is 4.34. The highest BCUT2D eigenvalue weighted by Crippen LogP contribution is 2.31. The van der Waals surface area contributed by atoms with Crippen molar-refractivity contribution in [3.63, 3.8) is 0 Å². The molecular weight excluding hydrogens is 294 g/mol. The molecule has 1 heterocycles. The van der Waals surface area contributed by atoms with Crippen LogP contribution in [0.15, 0.2) is 24.7 Å². The highest BCUT2D eigenvalue weighted by atomic mass is 35.5.